The van der Waals surface area contributed by atoms with Crippen LogP contribution in [0.2, 0.25) is 10.2 Å². The Kier molecular flexibility index (Phi) is 4.61. The molecule has 1 aromatic carbocycles. The number of hydrogen-bond acceptors (Lipinski definition) is 3. The van der Waals surface area contributed by atoms with E-state index in [1.165, 1.54) is 6.33 Å². The molecule has 0 saturated carbocycles. The number of ether oxygens (including phenoxy) is 1. The molecule has 0 aliphatic heterocycles. The molecule has 0 aliphatic rings. The predicted octanol–water partition coefficient (Wildman–Crippen LogP) is 4.41. The molecule has 0 atom stereocenters. The van der Waals surface area contributed by atoms with Gasteiger partial charge in [-0.15, -0.1) is 0 Å². The highest BCUT2D eigenvalue weighted by molar-refractivity contribution is 6.31. The zero-order valence-corrected chi connectivity index (χ0v) is 12.3. The van der Waals surface area contributed by atoms with Gasteiger partial charge in [0.1, 0.15) is 17.2 Å². The van der Waals surface area contributed by atoms with Gasteiger partial charge in [0.05, 0.1) is 12.8 Å². The Morgan fingerprint density at radius 3 is 2.68 bits per heavy atom. The first-order valence-electron chi connectivity index (χ1n) is 6.00. The van der Waals surface area contributed by atoms with Crippen molar-refractivity contribution < 1.29 is 4.74 Å². The fraction of sp³-hybridized carbons (Fsp3) is 0.286. The van der Waals surface area contributed by atoms with Crippen molar-refractivity contribution >= 4 is 23.2 Å². The third-order valence-electron chi connectivity index (χ3n) is 2.81. The van der Waals surface area contributed by atoms with E-state index < -0.39 is 0 Å². The highest BCUT2D eigenvalue weighted by Gasteiger charge is 2.15. The Hall–Kier alpha value is -1.32. The molecule has 0 fully saturated rings. The lowest BCUT2D eigenvalue weighted by molar-refractivity contribution is 0.416. The van der Waals surface area contributed by atoms with Gasteiger partial charge >= 0.3 is 0 Å². The topological polar surface area (TPSA) is 35.0 Å². The van der Waals surface area contributed by atoms with Crippen molar-refractivity contribution in [2.45, 2.75) is 19.8 Å². The quantitative estimate of drug-likeness (QED) is 0.784. The van der Waals surface area contributed by atoms with Crippen LogP contribution in [0.25, 0.3) is 11.3 Å². The number of benzene rings is 1. The van der Waals surface area contributed by atoms with Crippen LogP contribution >= 0.6 is 23.2 Å². The van der Waals surface area contributed by atoms with Gasteiger partial charge in [-0.25, -0.2) is 9.97 Å². The van der Waals surface area contributed by atoms with E-state index in [4.69, 9.17) is 27.9 Å². The standard InChI is InChI=1S/C14H14Cl2N2O/c1-3-4-10-13(17-8-18-14(10)16)11-7-9(15)5-6-12(11)19-2/h5-8H,3-4H2,1-2H3. The second-order valence-electron chi connectivity index (χ2n) is 4.09. The normalized spacial score (nSPS) is 10.5. The van der Waals surface area contributed by atoms with Gasteiger partial charge in [0, 0.05) is 16.1 Å². The molecule has 2 aromatic rings. The fourth-order valence-corrected chi connectivity index (χ4v) is 2.36. The van der Waals surface area contributed by atoms with Crippen molar-refractivity contribution in [1.29, 1.82) is 0 Å². The lowest BCUT2D eigenvalue weighted by atomic mass is 10.0. The van der Waals surface area contributed by atoms with Crippen molar-refractivity contribution in [3.8, 4) is 17.0 Å². The van der Waals surface area contributed by atoms with Crippen LogP contribution < -0.4 is 4.74 Å². The van der Waals surface area contributed by atoms with E-state index in [0.29, 0.717) is 10.2 Å². The molecular formula is C14H14Cl2N2O. The summed E-state index contributed by atoms with van der Waals surface area (Å²) in [6.45, 7) is 2.09. The van der Waals surface area contributed by atoms with Crippen LogP contribution in [0.3, 0.4) is 0 Å². The van der Waals surface area contributed by atoms with Crippen molar-refractivity contribution in [3.63, 3.8) is 0 Å². The maximum Gasteiger partial charge on any atom is 0.136 e. The van der Waals surface area contributed by atoms with E-state index in [2.05, 4.69) is 16.9 Å². The molecule has 0 aliphatic carbocycles. The summed E-state index contributed by atoms with van der Waals surface area (Å²) in [6, 6.07) is 5.44. The van der Waals surface area contributed by atoms with Crippen LogP contribution in [0.5, 0.6) is 5.75 Å². The molecule has 5 heteroatoms. The largest absolute Gasteiger partial charge is 0.496 e. The average molecular weight is 297 g/mol. The molecule has 0 spiro atoms. The molecule has 100 valence electrons. The zero-order valence-electron chi connectivity index (χ0n) is 10.8. The molecule has 0 bridgehead atoms. The minimum atomic E-state index is 0.480. The van der Waals surface area contributed by atoms with Crippen LogP contribution in [0.4, 0.5) is 0 Å². The van der Waals surface area contributed by atoms with E-state index >= 15 is 0 Å². The van der Waals surface area contributed by atoms with Gasteiger partial charge in [0.25, 0.3) is 0 Å². The van der Waals surface area contributed by atoms with E-state index in [9.17, 15) is 0 Å². The maximum absolute atomic E-state index is 6.17. The van der Waals surface area contributed by atoms with Gasteiger partial charge < -0.3 is 4.74 Å². The number of hydrogen-bond donors (Lipinski definition) is 0. The summed E-state index contributed by atoms with van der Waals surface area (Å²) < 4.78 is 5.37. The molecule has 0 amide bonds. The second-order valence-corrected chi connectivity index (χ2v) is 4.88. The van der Waals surface area contributed by atoms with Crippen LogP contribution in [0, 0.1) is 0 Å². The molecule has 1 aromatic heterocycles. The minimum absolute atomic E-state index is 0.480. The highest BCUT2D eigenvalue weighted by Crippen LogP contribution is 2.35. The summed E-state index contributed by atoms with van der Waals surface area (Å²) in [7, 11) is 1.62. The van der Waals surface area contributed by atoms with E-state index in [0.717, 1.165) is 35.4 Å². The molecule has 3 nitrogen and oxygen atoms in total. The molecule has 0 radical (unpaired) electrons. The van der Waals surface area contributed by atoms with Gasteiger partial charge in [-0.05, 0) is 24.6 Å². The molecule has 19 heavy (non-hydrogen) atoms. The summed E-state index contributed by atoms with van der Waals surface area (Å²) in [4.78, 5) is 8.39. The summed E-state index contributed by atoms with van der Waals surface area (Å²) >= 11 is 12.2. The molecule has 0 N–H and O–H groups in total. The first kappa shape index (κ1) is 14.1. The smallest absolute Gasteiger partial charge is 0.136 e. The minimum Gasteiger partial charge on any atom is -0.496 e. The van der Waals surface area contributed by atoms with Crippen molar-refractivity contribution in [2.24, 2.45) is 0 Å². The molecule has 1 heterocycles. The predicted molar refractivity (Wildman–Crippen MR) is 78.0 cm³/mol. The first-order chi connectivity index (χ1) is 9.17. The molecule has 0 saturated heterocycles. The summed E-state index contributed by atoms with van der Waals surface area (Å²) in [5.41, 5.74) is 2.54. The number of aromatic nitrogens is 2. The van der Waals surface area contributed by atoms with E-state index in [1.807, 2.05) is 12.1 Å². The fourth-order valence-electron chi connectivity index (χ4n) is 1.96. The van der Waals surface area contributed by atoms with Gasteiger partial charge in [-0.2, -0.15) is 0 Å². The molecular weight excluding hydrogens is 283 g/mol. The van der Waals surface area contributed by atoms with Gasteiger partial charge in [-0.3, -0.25) is 0 Å². The lowest BCUT2D eigenvalue weighted by Crippen LogP contribution is -1.98. The van der Waals surface area contributed by atoms with Crippen molar-refractivity contribution in [1.82, 2.24) is 9.97 Å². The van der Waals surface area contributed by atoms with Crippen LogP contribution in [0.15, 0.2) is 24.5 Å². The van der Waals surface area contributed by atoms with Crippen molar-refractivity contribution in [3.05, 3.63) is 40.3 Å². The summed E-state index contributed by atoms with van der Waals surface area (Å²) in [5.74, 6) is 0.719. The van der Waals surface area contributed by atoms with Gasteiger partial charge in [0.15, 0.2) is 0 Å². The highest BCUT2D eigenvalue weighted by atomic mass is 35.5. The Balaban J connectivity index is 2.64. The average Bonchev–Trinajstić information content (AvgIpc) is 2.41. The summed E-state index contributed by atoms with van der Waals surface area (Å²) in [5, 5.41) is 1.11. The third kappa shape index (κ3) is 2.99. The summed E-state index contributed by atoms with van der Waals surface area (Å²) in [6.07, 6.45) is 3.23. The molecule has 0 unspecified atom stereocenters. The number of rotatable bonds is 4. The van der Waals surface area contributed by atoms with E-state index in [-0.39, 0.29) is 0 Å². The van der Waals surface area contributed by atoms with Crippen molar-refractivity contribution in [2.75, 3.05) is 7.11 Å². The number of nitrogens with zero attached hydrogens (tertiary/aromatic N) is 2. The van der Waals surface area contributed by atoms with E-state index in [1.54, 1.807) is 13.2 Å². The number of methoxy groups -OCH3 is 1. The molecule has 2 rings (SSSR count). The van der Waals surface area contributed by atoms with Crippen LogP contribution in [0.1, 0.15) is 18.9 Å². The van der Waals surface area contributed by atoms with Gasteiger partial charge in [0.2, 0.25) is 0 Å². The lowest BCUT2D eigenvalue weighted by Gasteiger charge is -2.12. The third-order valence-corrected chi connectivity index (χ3v) is 3.37. The van der Waals surface area contributed by atoms with Gasteiger partial charge in [-0.1, -0.05) is 36.5 Å². The Morgan fingerprint density at radius 1 is 1.21 bits per heavy atom. The zero-order chi connectivity index (χ0) is 13.8. The van der Waals surface area contributed by atoms with Crippen LogP contribution in [-0.4, -0.2) is 17.1 Å². The first-order valence-corrected chi connectivity index (χ1v) is 6.76. The Morgan fingerprint density at radius 2 is 2.00 bits per heavy atom. The SMILES string of the molecule is CCCc1c(Cl)ncnc1-c1cc(Cl)ccc1OC. The monoisotopic (exact) mass is 296 g/mol. The Labute approximate surface area is 122 Å². The second kappa shape index (κ2) is 6.22. The number of halogens is 2. The maximum atomic E-state index is 6.17. The Bertz CT molecular complexity index is 588. The van der Waals surface area contributed by atoms with Crippen LogP contribution in [-0.2, 0) is 6.42 Å².